The number of nitrogens with one attached hydrogen (secondary N) is 1. The third-order valence-electron chi connectivity index (χ3n) is 1.43. The Hall–Kier alpha value is -1.47. The molecule has 0 aromatic heterocycles. The number of carboxylic acids is 1. The van der Waals surface area contributed by atoms with Crippen LogP contribution in [-0.4, -0.2) is 47.8 Å². The van der Waals surface area contributed by atoms with Crippen molar-refractivity contribution in [3.05, 3.63) is 0 Å². The summed E-state index contributed by atoms with van der Waals surface area (Å²) in [5, 5.41) is 10.0. The fourth-order valence-corrected chi connectivity index (χ4v) is 0.807. The number of carbonyl (C=O) groups excluding carboxylic acids is 1. The first-order valence-electron chi connectivity index (χ1n) is 4.07. The lowest BCUT2D eigenvalue weighted by Crippen LogP contribution is -2.45. The van der Waals surface area contributed by atoms with Crippen LogP contribution in [-0.2, 0) is 4.79 Å². The average Bonchev–Trinajstić information content (AvgIpc) is 2.08. The number of rotatable bonds is 4. The second-order valence-corrected chi connectivity index (χ2v) is 2.68. The molecule has 15 heavy (non-hydrogen) atoms. The van der Waals surface area contributed by atoms with Crippen molar-refractivity contribution in [1.82, 2.24) is 10.2 Å². The first kappa shape index (κ1) is 13.5. The van der Waals surface area contributed by atoms with E-state index in [2.05, 4.69) is 0 Å². The smallest absolute Gasteiger partial charge is 0.406 e. The molecule has 0 aliphatic heterocycles. The Kier molecular flexibility index (Phi) is 4.89. The van der Waals surface area contributed by atoms with Crippen LogP contribution in [0.15, 0.2) is 0 Å². The van der Waals surface area contributed by atoms with Gasteiger partial charge in [-0.2, -0.15) is 13.2 Å². The predicted molar refractivity (Wildman–Crippen MR) is 44.3 cm³/mol. The maximum absolute atomic E-state index is 11.9. The minimum atomic E-state index is -4.49. The molecular weight excluding hydrogens is 217 g/mol. The lowest BCUT2D eigenvalue weighted by atomic mass is 10.5. The number of nitrogens with zero attached hydrogens (tertiary/aromatic N) is 1. The van der Waals surface area contributed by atoms with Crippen LogP contribution in [0.4, 0.5) is 18.0 Å². The molecule has 0 heterocycles. The zero-order valence-corrected chi connectivity index (χ0v) is 7.97. The summed E-state index contributed by atoms with van der Waals surface area (Å²) in [4.78, 5) is 21.5. The Labute approximate surface area is 83.9 Å². The van der Waals surface area contributed by atoms with Gasteiger partial charge >= 0.3 is 18.2 Å². The third-order valence-corrected chi connectivity index (χ3v) is 1.43. The second-order valence-electron chi connectivity index (χ2n) is 2.68. The molecule has 88 valence electrons. The van der Waals surface area contributed by atoms with Gasteiger partial charge in [-0.3, -0.25) is 4.79 Å². The molecule has 0 bridgehead atoms. The van der Waals surface area contributed by atoms with E-state index in [9.17, 15) is 22.8 Å². The number of halogens is 3. The van der Waals surface area contributed by atoms with Crippen LogP contribution in [0.2, 0.25) is 0 Å². The molecule has 0 aromatic carbocycles. The van der Waals surface area contributed by atoms with Gasteiger partial charge < -0.3 is 15.3 Å². The normalized spacial score (nSPS) is 10.9. The molecule has 0 unspecified atom stereocenters. The monoisotopic (exact) mass is 228 g/mol. The Bertz CT molecular complexity index is 242. The Morgan fingerprint density at radius 2 is 1.93 bits per heavy atom. The van der Waals surface area contributed by atoms with E-state index < -0.39 is 31.3 Å². The van der Waals surface area contributed by atoms with E-state index >= 15 is 0 Å². The summed E-state index contributed by atoms with van der Waals surface area (Å²) >= 11 is 0. The molecule has 0 atom stereocenters. The van der Waals surface area contributed by atoms with Gasteiger partial charge in [0.2, 0.25) is 0 Å². The van der Waals surface area contributed by atoms with E-state index in [1.165, 1.54) is 6.92 Å². The van der Waals surface area contributed by atoms with Gasteiger partial charge in [0.25, 0.3) is 0 Å². The number of hydrogen-bond donors (Lipinski definition) is 2. The van der Waals surface area contributed by atoms with Crippen molar-refractivity contribution in [3.63, 3.8) is 0 Å². The highest BCUT2D eigenvalue weighted by Gasteiger charge is 2.32. The summed E-state index contributed by atoms with van der Waals surface area (Å²) < 4.78 is 35.7. The number of aliphatic carboxylic acids is 1. The van der Waals surface area contributed by atoms with E-state index in [0.717, 1.165) is 0 Å². The van der Waals surface area contributed by atoms with Gasteiger partial charge in [-0.15, -0.1) is 0 Å². The Morgan fingerprint density at radius 3 is 2.27 bits per heavy atom. The molecule has 2 amide bonds. The first-order valence-corrected chi connectivity index (χ1v) is 4.07. The van der Waals surface area contributed by atoms with Crippen molar-refractivity contribution in [3.8, 4) is 0 Å². The van der Waals surface area contributed by atoms with E-state index in [-0.39, 0.29) is 6.54 Å². The number of alkyl halides is 3. The van der Waals surface area contributed by atoms with Crippen LogP contribution in [0.25, 0.3) is 0 Å². The van der Waals surface area contributed by atoms with E-state index in [1.807, 2.05) is 5.32 Å². The largest absolute Gasteiger partial charge is 0.480 e. The highest BCUT2D eigenvalue weighted by Crippen LogP contribution is 2.16. The number of carbonyl (C=O) groups is 2. The molecular formula is C7H11F3N2O3. The van der Waals surface area contributed by atoms with Gasteiger partial charge in [0, 0.05) is 6.54 Å². The SMILES string of the molecule is CCN(CC(F)(F)F)C(=O)NCC(=O)O. The van der Waals surface area contributed by atoms with Crippen molar-refractivity contribution in [1.29, 1.82) is 0 Å². The van der Waals surface area contributed by atoms with E-state index in [4.69, 9.17) is 5.11 Å². The maximum atomic E-state index is 11.9. The van der Waals surface area contributed by atoms with Gasteiger partial charge in [-0.1, -0.05) is 0 Å². The lowest BCUT2D eigenvalue weighted by molar-refractivity contribution is -0.139. The van der Waals surface area contributed by atoms with Crippen LogP contribution in [0.5, 0.6) is 0 Å². The van der Waals surface area contributed by atoms with Crippen molar-refractivity contribution in [2.45, 2.75) is 13.1 Å². The summed E-state index contributed by atoms with van der Waals surface area (Å²) in [6.45, 7) is -0.876. The Morgan fingerprint density at radius 1 is 1.40 bits per heavy atom. The summed E-state index contributed by atoms with van der Waals surface area (Å²) in [6, 6.07) is -1.04. The van der Waals surface area contributed by atoms with Gasteiger partial charge in [-0.25, -0.2) is 4.79 Å². The number of hydrogen-bond acceptors (Lipinski definition) is 2. The third kappa shape index (κ3) is 6.58. The van der Waals surface area contributed by atoms with E-state index in [0.29, 0.717) is 4.90 Å². The number of urea groups is 1. The highest BCUT2D eigenvalue weighted by atomic mass is 19.4. The molecule has 0 spiro atoms. The summed E-state index contributed by atoms with van der Waals surface area (Å²) in [5.41, 5.74) is 0. The molecule has 0 aliphatic rings. The van der Waals surface area contributed by atoms with Crippen molar-refractivity contribution in [2.24, 2.45) is 0 Å². The van der Waals surface area contributed by atoms with Gasteiger partial charge in [0.05, 0.1) is 0 Å². The molecule has 0 fully saturated rings. The van der Waals surface area contributed by atoms with Gasteiger partial charge in [0.1, 0.15) is 13.1 Å². The van der Waals surface area contributed by atoms with Crippen molar-refractivity contribution >= 4 is 12.0 Å². The topological polar surface area (TPSA) is 69.6 Å². The summed E-state index contributed by atoms with van der Waals surface area (Å²) in [5.74, 6) is -1.31. The van der Waals surface area contributed by atoms with Crippen LogP contribution >= 0.6 is 0 Å². The van der Waals surface area contributed by atoms with Crippen molar-refractivity contribution in [2.75, 3.05) is 19.6 Å². The van der Waals surface area contributed by atoms with Crippen LogP contribution in [0.1, 0.15) is 6.92 Å². The highest BCUT2D eigenvalue weighted by molar-refractivity contribution is 5.79. The van der Waals surface area contributed by atoms with Crippen molar-refractivity contribution < 1.29 is 27.9 Å². The molecule has 0 aliphatic carbocycles. The van der Waals surface area contributed by atoms with Crippen LogP contribution < -0.4 is 5.32 Å². The average molecular weight is 228 g/mol. The zero-order chi connectivity index (χ0) is 12.1. The minimum absolute atomic E-state index is 0.148. The predicted octanol–water partition coefficient (Wildman–Crippen LogP) is 0.665. The van der Waals surface area contributed by atoms with Crippen LogP contribution in [0.3, 0.4) is 0 Å². The molecule has 0 radical (unpaired) electrons. The number of carboxylic acid groups (broad SMARTS) is 1. The molecule has 0 saturated heterocycles. The fourth-order valence-electron chi connectivity index (χ4n) is 0.807. The first-order chi connectivity index (χ1) is 6.76. The quantitative estimate of drug-likeness (QED) is 0.742. The van der Waals surface area contributed by atoms with Gasteiger partial charge in [0.15, 0.2) is 0 Å². The minimum Gasteiger partial charge on any atom is -0.480 e. The fraction of sp³-hybridized carbons (Fsp3) is 0.714. The standard InChI is InChI=1S/C7H11F3N2O3/c1-2-12(4-7(8,9)10)6(15)11-3-5(13)14/h2-4H2,1H3,(H,11,15)(H,13,14). The Balaban J connectivity index is 4.17. The molecule has 0 rings (SSSR count). The summed E-state index contributed by atoms with van der Waals surface area (Å²) in [6.07, 6.45) is -4.49. The number of amides is 2. The maximum Gasteiger partial charge on any atom is 0.406 e. The summed E-state index contributed by atoms with van der Waals surface area (Å²) in [7, 11) is 0. The molecule has 8 heteroatoms. The molecule has 2 N–H and O–H groups in total. The molecule has 5 nitrogen and oxygen atoms in total. The van der Waals surface area contributed by atoms with Crippen LogP contribution in [0, 0.1) is 0 Å². The lowest BCUT2D eigenvalue weighted by Gasteiger charge is -2.22. The second kappa shape index (κ2) is 5.42. The van der Waals surface area contributed by atoms with Gasteiger partial charge in [-0.05, 0) is 6.92 Å². The van der Waals surface area contributed by atoms with E-state index in [1.54, 1.807) is 0 Å². The zero-order valence-electron chi connectivity index (χ0n) is 7.97. The molecule has 0 aromatic rings. The molecule has 0 saturated carbocycles.